The second kappa shape index (κ2) is 11.4. The molecule has 0 aliphatic carbocycles. The number of rotatable bonds is 0. The molecule has 0 amide bonds. The third-order valence-corrected chi connectivity index (χ3v) is 0. The van der Waals surface area contributed by atoms with Crippen LogP contribution in [-0.4, -0.2) is 21.8 Å². The lowest BCUT2D eigenvalue weighted by molar-refractivity contribution is 0.366. The fourth-order valence-electron chi connectivity index (χ4n) is 0. The van der Waals surface area contributed by atoms with Crippen molar-refractivity contribution in [3.63, 3.8) is 0 Å². The first-order valence-corrected chi connectivity index (χ1v) is 3.71. The zero-order valence-electron chi connectivity index (χ0n) is 7.53. The van der Waals surface area contributed by atoms with Crippen molar-refractivity contribution in [2.24, 2.45) is 0 Å². The summed E-state index contributed by atoms with van der Waals surface area (Å²) in [5.41, 5.74) is 0. The van der Waals surface area contributed by atoms with Gasteiger partial charge in [0.2, 0.25) is 0 Å². The van der Waals surface area contributed by atoms with Gasteiger partial charge in [-0.15, -0.1) is 0 Å². The highest BCUT2D eigenvalue weighted by Gasteiger charge is 2.21. The zero-order chi connectivity index (χ0) is 16.2. The minimum absolute atomic E-state index is 1.08. The van der Waals surface area contributed by atoms with Crippen molar-refractivity contribution in [3.05, 3.63) is 0 Å². The van der Waals surface area contributed by atoms with E-state index in [-0.39, 0.29) is 0 Å². The van der Waals surface area contributed by atoms with E-state index in [2.05, 4.69) is 0 Å². The molecule has 2 nitrogen and oxygen atoms in total. The van der Waals surface area contributed by atoms with Crippen LogP contribution in [0.1, 0.15) is 0 Å². The van der Waals surface area contributed by atoms with Crippen LogP contribution in [0.25, 0.3) is 0 Å². The van der Waals surface area contributed by atoms with Crippen LogP contribution in [-0.2, 0) is 20.0 Å². The van der Waals surface area contributed by atoms with E-state index in [0.717, 1.165) is 0 Å². The lowest BCUT2D eigenvalue weighted by Crippen LogP contribution is -2.02. The molecule has 0 radical (unpaired) electrons. The lowest BCUT2D eigenvalue weighted by Gasteiger charge is -1.94. The minimum Gasteiger partial charge on any atom is -0.427 e. The summed E-state index contributed by atoms with van der Waals surface area (Å²) >= 11 is -1.08. The molecule has 0 spiro atoms. The third kappa shape index (κ3) is 6480. The normalized spacial score (nSPS) is 10.9. The molecule has 0 N–H and O–H groups in total. The molecule has 18 heteroatoms. The summed E-state index contributed by atoms with van der Waals surface area (Å²) in [5, 5.41) is 0. The van der Waals surface area contributed by atoms with Crippen LogP contribution in [0.5, 0.6) is 0 Å². The maximum absolute atomic E-state index is 9.75. The van der Waals surface area contributed by atoms with Crippen molar-refractivity contribution in [2.75, 3.05) is 0 Å². The van der Waals surface area contributed by atoms with E-state index in [9.17, 15) is 51.8 Å². The number of thiol groups is 1. The fraction of sp³-hybridized carbons (Fsp3) is 0. The Morgan fingerprint density at radius 1 is 0.444 bits per heavy atom. The average Bonchev–Trinajstić information content (AvgIpc) is 1.71. The topological polar surface area (TPSA) is 34.1 Å². The summed E-state index contributed by atoms with van der Waals surface area (Å²) in [4.78, 5) is 0. The SMILES string of the molecule is F[B-](F)(F)F.F[B-](F)(F)F.F[B-](F)(F)F.O=[SH-]=O. The first kappa shape index (κ1) is 26.0. The lowest BCUT2D eigenvalue weighted by atomic mass is 10.3. The Morgan fingerprint density at radius 3 is 0.444 bits per heavy atom. The Balaban J connectivity index is -0.0000000739. The Morgan fingerprint density at radius 2 is 0.444 bits per heavy atom. The predicted octanol–water partition coefficient (Wildman–Crippen LogP) is 3.39. The summed E-state index contributed by atoms with van der Waals surface area (Å²) in [6.45, 7) is 0. The highest BCUT2D eigenvalue weighted by molar-refractivity contribution is 7.51. The molecular weight excluding hydrogens is 324 g/mol. The first-order valence-electron chi connectivity index (χ1n) is 2.98. The molecule has 0 aromatic rings. The van der Waals surface area contributed by atoms with Crippen molar-refractivity contribution in [1.29, 1.82) is 0 Å². The Kier molecular flexibility index (Phi) is 16.5. The van der Waals surface area contributed by atoms with Gasteiger partial charge in [-0.2, -0.15) is 0 Å². The summed E-state index contributed by atoms with van der Waals surface area (Å²) in [6.07, 6.45) is 0. The van der Waals surface area contributed by atoms with Crippen LogP contribution in [0, 0.1) is 0 Å². The van der Waals surface area contributed by atoms with Crippen molar-refractivity contribution in [3.8, 4) is 0 Å². The van der Waals surface area contributed by atoms with Gasteiger partial charge < -0.3 is 60.2 Å². The molecule has 0 fully saturated rings. The van der Waals surface area contributed by atoms with Crippen LogP contribution in [0.2, 0.25) is 0 Å². The van der Waals surface area contributed by atoms with Gasteiger partial charge in [0.25, 0.3) is 0 Å². The Labute approximate surface area is 94.6 Å². The number of hydrogen-bond donors (Lipinski definition) is 0. The molecule has 0 atom stereocenters. The van der Waals surface area contributed by atoms with E-state index >= 15 is 0 Å². The van der Waals surface area contributed by atoms with Gasteiger partial charge in [-0.1, -0.05) is 11.6 Å². The molecule has 0 saturated heterocycles. The second-order valence-electron chi connectivity index (χ2n) is 1.56. The molecule has 0 aliphatic rings. The minimum atomic E-state index is -6.00. The van der Waals surface area contributed by atoms with Gasteiger partial charge >= 0.3 is 21.8 Å². The molecule has 0 aliphatic heterocycles. The van der Waals surface area contributed by atoms with Crippen LogP contribution in [0.3, 0.4) is 0 Å². The second-order valence-corrected chi connectivity index (χ2v) is 1.71. The van der Waals surface area contributed by atoms with E-state index in [1.54, 1.807) is 0 Å². The smallest absolute Gasteiger partial charge is 0.427 e. The van der Waals surface area contributed by atoms with Gasteiger partial charge in [-0.3, -0.25) is 0 Å². The van der Waals surface area contributed by atoms with Crippen LogP contribution < -0.4 is 0 Å². The summed E-state index contributed by atoms with van der Waals surface area (Å²) < 4.78 is 134. The highest BCUT2D eigenvalue weighted by Crippen LogP contribution is 2.07. The van der Waals surface area contributed by atoms with Gasteiger partial charge in [-0.25, -0.2) is 0 Å². The molecular formula is HB3F12O2S-4. The molecule has 0 bridgehead atoms. The molecule has 0 heterocycles. The largest absolute Gasteiger partial charge is 0.673 e. The maximum Gasteiger partial charge on any atom is 0.673 e. The Hall–Kier alpha value is -0.695. The summed E-state index contributed by atoms with van der Waals surface area (Å²) in [5.74, 6) is 0. The Bertz CT molecular complexity index is 160. The van der Waals surface area contributed by atoms with Gasteiger partial charge in [0.1, 0.15) is 0 Å². The third-order valence-electron chi connectivity index (χ3n) is 0. The standard InChI is InChI=1S/3BF4.HO2S/c3*2-1(3,4)5;1-3-2/h;;;3H/q4*-1. The van der Waals surface area contributed by atoms with Gasteiger partial charge in [0, 0.05) is 0 Å². The van der Waals surface area contributed by atoms with Crippen LogP contribution in [0.4, 0.5) is 51.8 Å². The van der Waals surface area contributed by atoms with E-state index in [1.807, 2.05) is 0 Å². The van der Waals surface area contributed by atoms with Crippen molar-refractivity contribution >= 4 is 33.3 Å². The maximum atomic E-state index is 9.75. The molecule has 0 aromatic carbocycles. The molecule has 116 valence electrons. The van der Waals surface area contributed by atoms with E-state index < -0.39 is 33.3 Å². The highest BCUT2D eigenvalue weighted by atomic mass is 32.1. The first-order chi connectivity index (χ1) is 7.41. The van der Waals surface area contributed by atoms with Crippen molar-refractivity contribution < 1.29 is 60.2 Å². The monoisotopic (exact) mass is 326 g/mol. The van der Waals surface area contributed by atoms with Crippen molar-refractivity contribution in [2.45, 2.75) is 0 Å². The predicted molar refractivity (Wildman–Crippen MR) is 40.7 cm³/mol. The summed E-state index contributed by atoms with van der Waals surface area (Å²) in [6, 6.07) is 0. The fourth-order valence-corrected chi connectivity index (χ4v) is 0. The molecule has 18 heavy (non-hydrogen) atoms. The van der Waals surface area contributed by atoms with Gasteiger partial charge in [0.05, 0.1) is 0 Å². The van der Waals surface area contributed by atoms with E-state index in [4.69, 9.17) is 8.42 Å². The van der Waals surface area contributed by atoms with Crippen LogP contribution >= 0.6 is 0 Å². The van der Waals surface area contributed by atoms with E-state index in [1.165, 1.54) is 0 Å². The summed E-state index contributed by atoms with van der Waals surface area (Å²) in [7, 11) is -18.0. The number of halogens is 12. The van der Waals surface area contributed by atoms with E-state index in [0.29, 0.717) is 0 Å². The molecule has 0 aromatic heterocycles. The van der Waals surface area contributed by atoms with Crippen molar-refractivity contribution in [1.82, 2.24) is 0 Å². The quantitative estimate of drug-likeness (QED) is 0.296. The molecule has 0 rings (SSSR count). The molecule has 0 unspecified atom stereocenters. The van der Waals surface area contributed by atoms with Gasteiger partial charge in [0.15, 0.2) is 0 Å². The average molecular weight is 325 g/mol. The molecule has 0 saturated carbocycles. The van der Waals surface area contributed by atoms with Crippen LogP contribution in [0.15, 0.2) is 0 Å². The number of hydrogen-bond acceptors (Lipinski definition) is 3. The van der Waals surface area contributed by atoms with Gasteiger partial charge in [-0.05, 0) is 0 Å². The zero-order valence-corrected chi connectivity index (χ0v) is 8.43.